The summed E-state index contributed by atoms with van der Waals surface area (Å²) in [5.74, 6) is 1.20. The van der Waals surface area contributed by atoms with Gasteiger partial charge in [-0.05, 0) is 118 Å². The summed E-state index contributed by atoms with van der Waals surface area (Å²) >= 11 is 1.40. The normalized spacial score (nSPS) is 12.1. The van der Waals surface area contributed by atoms with Crippen LogP contribution in [-0.2, 0) is 19.1 Å². The number of hydrogen-bond acceptors (Lipinski definition) is 15. The summed E-state index contributed by atoms with van der Waals surface area (Å²) in [5.41, 5.74) is 2.24. The van der Waals surface area contributed by atoms with Crippen molar-refractivity contribution in [3.63, 3.8) is 0 Å². The van der Waals surface area contributed by atoms with Gasteiger partial charge in [0, 0.05) is 52.9 Å². The van der Waals surface area contributed by atoms with Gasteiger partial charge in [-0.1, -0.05) is 48.8 Å². The van der Waals surface area contributed by atoms with E-state index >= 15 is 0 Å². The molecule has 2 N–H and O–H groups in total. The number of benzene rings is 4. The molecule has 15 heteroatoms. The van der Waals surface area contributed by atoms with Crippen molar-refractivity contribution in [2.45, 2.75) is 63.9 Å². The Labute approximate surface area is 382 Å². The number of carbonyl (C=O) groups excluding carboxylic acids is 2. The number of aliphatic hydroxyl groups is 2. The second-order valence-electron chi connectivity index (χ2n) is 14.8. The van der Waals surface area contributed by atoms with Gasteiger partial charge in [0.15, 0.2) is 0 Å². The van der Waals surface area contributed by atoms with E-state index < -0.39 is 24.5 Å². The van der Waals surface area contributed by atoms with Crippen LogP contribution in [0.3, 0.4) is 0 Å². The number of nitrogens with zero attached hydrogens (tertiary/aromatic N) is 4. The Morgan fingerprint density at radius 2 is 1.25 bits per heavy atom. The maximum atomic E-state index is 11.5. The Morgan fingerprint density at radius 3 is 1.80 bits per heavy atom. The molecular formula is C50H54N4O10S. The number of carbonyl (C=O) groups is 2. The van der Waals surface area contributed by atoms with Crippen molar-refractivity contribution in [3.05, 3.63) is 139 Å². The van der Waals surface area contributed by atoms with Crippen molar-refractivity contribution in [1.29, 1.82) is 0 Å². The Bertz CT molecular complexity index is 2480. The highest BCUT2D eigenvalue weighted by molar-refractivity contribution is 7.21. The molecule has 4 aromatic carbocycles. The molecule has 14 nitrogen and oxygen atoms in total. The second-order valence-corrected chi connectivity index (χ2v) is 15.7. The molecule has 2 aromatic heterocycles. The zero-order valence-corrected chi connectivity index (χ0v) is 37.2. The first kappa shape index (κ1) is 47.7. The van der Waals surface area contributed by atoms with Crippen molar-refractivity contribution in [2.75, 3.05) is 38.5 Å². The van der Waals surface area contributed by atoms with Crippen LogP contribution in [0.5, 0.6) is 23.0 Å². The average Bonchev–Trinajstić information content (AvgIpc) is 3.78. The number of aliphatic hydroxyl groups excluding tert-OH is 2. The van der Waals surface area contributed by atoms with E-state index in [9.17, 15) is 19.8 Å². The Kier molecular flexibility index (Phi) is 18.2. The van der Waals surface area contributed by atoms with Crippen LogP contribution in [0.25, 0.3) is 21.1 Å². The minimum Gasteiger partial charge on any atom is -0.494 e. The molecule has 0 bridgehead atoms. The number of esters is 2. The number of ether oxygens (including phenoxy) is 6. The predicted octanol–water partition coefficient (Wildman–Crippen LogP) is 9.79. The lowest BCUT2D eigenvalue weighted by atomic mass is 10.0. The summed E-state index contributed by atoms with van der Waals surface area (Å²) < 4.78 is 34.5. The molecule has 0 radical (unpaired) electrons. The molecule has 65 heavy (non-hydrogen) atoms. The van der Waals surface area contributed by atoms with E-state index in [2.05, 4.69) is 23.1 Å². The summed E-state index contributed by atoms with van der Waals surface area (Å²) in [7, 11) is 1.78. The highest BCUT2D eigenvalue weighted by Gasteiger charge is 2.21. The Morgan fingerprint density at radius 1 is 0.708 bits per heavy atom. The lowest BCUT2D eigenvalue weighted by Gasteiger charge is -2.21. The minimum atomic E-state index is -1.37. The number of pyridine rings is 1. The third-order valence-electron chi connectivity index (χ3n) is 10.0. The van der Waals surface area contributed by atoms with E-state index in [1.165, 1.54) is 11.3 Å². The molecule has 0 spiro atoms. The van der Waals surface area contributed by atoms with Crippen molar-refractivity contribution in [3.8, 4) is 23.0 Å². The number of hydrogen-bond donors (Lipinski definition) is 2. The molecule has 0 aliphatic rings. The molecule has 6 aromatic rings. The van der Waals surface area contributed by atoms with Crippen molar-refractivity contribution in [1.82, 2.24) is 9.97 Å². The Balaban J connectivity index is 1.14. The highest BCUT2D eigenvalue weighted by atomic mass is 32.1. The minimum absolute atomic E-state index is 0.343. The van der Waals surface area contributed by atoms with Gasteiger partial charge in [0.05, 0.1) is 32.6 Å². The fourth-order valence-corrected chi connectivity index (χ4v) is 7.37. The number of thiazole rings is 1. The van der Waals surface area contributed by atoms with Gasteiger partial charge >= 0.3 is 11.9 Å². The van der Waals surface area contributed by atoms with Crippen LogP contribution >= 0.6 is 11.3 Å². The number of aromatic nitrogens is 2. The standard InChI is InChI=1S/C50H54N4O10S/c1-4-44(55)61-31-14-8-6-12-29-59-38-24-20-35(21-25-38)48(57)63-43-33-37(34-52-54(3)50-53-42-19-16-28-51-47(42)65-50)46(41-18-11-10-17-40(41)43)64-49(58)36-22-26-39(27-23-36)60-30-13-7-9-15-32-62-45(56)5-2/h4-5,10-11,16-28,33-34,48-49,57-58H,1-2,6-9,12-15,29-32H2,3H3/b52-34+. The van der Waals surface area contributed by atoms with Crippen molar-refractivity contribution >= 4 is 55.7 Å². The van der Waals surface area contributed by atoms with Crippen LogP contribution in [0.1, 0.15) is 80.6 Å². The molecule has 0 aliphatic heterocycles. The molecule has 0 aliphatic carbocycles. The second kappa shape index (κ2) is 24.9. The van der Waals surface area contributed by atoms with Gasteiger partial charge in [0.25, 0.3) is 0 Å². The summed E-state index contributed by atoms with van der Waals surface area (Å²) in [4.78, 5) is 32.2. The van der Waals surface area contributed by atoms with E-state index in [4.69, 9.17) is 33.5 Å². The summed E-state index contributed by atoms with van der Waals surface area (Å²) in [5, 5.41) is 31.1. The molecule has 340 valence electrons. The van der Waals surface area contributed by atoms with E-state index in [0.717, 1.165) is 73.9 Å². The summed E-state index contributed by atoms with van der Waals surface area (Å²) in [6.07, 6.45) is 9.86. The monoisotopic (exact) mass is 902 g/mol. The van der Waals surface area contributed by atoms with Gasteiger partial charge in [0.2, 0.25) is 17.7 Å². The molecule has 2 heterocycles. The van der Waals surface area contributed by atoms with Gasteiger partial charge in [-0.3, -0.25) is 0 Å². The first-order valence-corrected chi connectivity index (χ1v) is 22.3. The van der Waals surface area contributed by atoms with Gasteiger partial charge < -0.3 is 38.6 Å². The number of anilines is 1. The average molecular weight is 903 g/mol. The predicted molar refractivity (Wildman–Crippen MR) is 252 cm³/mol. The first-order valence-electron chi connectivity index (χ1n) is 21.5. The van der Waals surface area contributed by atoms with Crippen molar-refractivity contribution in [2.24, 2.45) is 5.10 Å². The number of hydrazone groups is 1. The molecular weight excluding hydrogens is 849 g/mol. The largest absolute Gasteiger partial charge is 0.494 e. The zero-order valence-electron chi connectivity index (χ0n) is 36.4. The first-order chi connectivity index (χ1) is 31.7. The molecule has 2 atom stereocenters. The van der Waals surface area contributed by atoms with Crippen LogP contribution in [0.15, 0.2) is 128 Å². The van der Waals surface area contributed by atoms with E-state index in [1.54, 1.807) is 79.1 Å². The van der Waals surface area contributed by atoms with Gasteiger partial charge in [-0.2, -0.15) is 5.10 Å². The number of fused-ring (bicyclic) bond motifs is 2. The van der Waals surface area contributed by atoms with E-state index in [0.29, 0.717) is 82.0 Å². The van der Waals surface area contributed by atoms with Gasteiger partial charge in [-0.25, -0.2) is 24.6 Å². The lowest BCUT2D eigenvalue weighted by Crippen LogP contribution is -2.12. The molecule has 0 amide bonds. The molecule has 0 fully saturated rings. The number of rotatable bonds is 27. The highest BCUT2D eigenvalue weighted by Crippen LogP contribution is 2.40. The molecule has 0 saturated heterocycles. The van der Waals surface area contributed by atoms with Crippen molar-refractivity contribution < 1.29 is 48.2 Å². The molecule has 6 rings (SSSR count). The van der Waals surface area contributed by atoms with Crippen LogP contribution in [0.4, 0.5) is 5.13 Å². The number of unbranched alkanes of at least 4 members (excludes halogenated alkanes) is 6. The maximum absolute atomic E-state index is 11.5. The van der Waals surface area contributed by atoms with E-state index in [-0.39, 0.29) is 0 Å². The smallest absolute Gasteiger partial charge is 0.330 e. The fourth-order valence-electron chi connectivity index (χ4n) is 6.54. The summed E-state index contributed by atoms with van der Waals surface area (Å²) in [6.45, 7) is 8.58. The fraction of sp³-hybridized carbons (Fsp3) is 0.300. The third kappa shape index (κ3) is 14.3. The molecule has 2 unspecified atom stereocenters. The topological polar surface area (TPSA) is 171 Å². The quantitative estimate of drug-likeness (QED) is 0.0125. The van der Waals surface area contributed by atoms with Crippen LogP contribution < -0.4 is 24.0 Å². The van der Waals surface area contributed by atoms with E-state index in [1.807, 2.05) is 36.4 Å². The SMILES string of the molecule is C=CC(=O)OCCCCCCOc1ccc(C(O)Oc2cc(/C=N/N(C)c3nc4cccnc4s3)c(OC(O)c3ccc(OCCCCCCOC(=O)C=C)cc3)c3ccccc23)cc1. The van der Waals surface area contributed by atoms with Gasteiger partial charge in [-0.15, -0.1) is 0 Å². The lowest BCUT2D eigenvalue weighted by molar-refractivity contribution is -0.138. The van der Waals surface area contributed by atoms with Gasteiger partial charge in [0.1, 0.15) is 33.3 Å². The Hall–Kier alpha value is -6.81. The summed E-state index contributed by atoms with van der Waals surface area (Å²) in [6, 6.07) is 27.0. The third-order valence-corrected chi connectivity index (χ3v) is 11.1. The van der Waals surface area contributed by atoms with Crippen LogP contribution in [0.2, 0.25) is 0 Å². The zero-order chi connectivity index (χ0) is 45.8. The maximum Gasteiger partial charge on any atom is 0.330 e. The van der Waals surface area contributed by atoms with Crippen LogP contribution in [-0.4, -0.2) is 71.8 Å². The van der Waals surface area contributed by atoms with Crippen LogP contribution in [0, 0.1) is 0 Å². The molecule has 0 saturated carbocycles.